The number of esters is 2. The van der Waals surface area contributed by atoms with Gasteiger partial charge in [0.2, 0.25) is 5.60 Å². The van der Waals surface area contributed by atoms with Crippen LogP contribution in [-0.4, -0.2) is 44.5 Å². The van der Waals surface area contributed by atoms with Crippen molar-refractivity contribution in [3.63, 3.8) is 0 Å². The number of benzene rings is 1. The van der Waals surface area contributed by atoms with E-state index in [1.165, 1.54) is 14.1 Å². The van der Waals surface area contributed by atoms with E-state index >= 15 is 0 Å². The van der Waals surface area contributed by atoms with Gasteiger partial charge in [0.1, 0.15) is 11.6 Å². The van der Waals surface area contributed by atoms with Crippen molar-refractivity contribution in [1.29, 1.82) is 0 Å². The average Bonchev–Trinajstić information content (AvgIpc) is 3.53. The molecule has 0 bridgehead atoms. The molecule has 32 heavy (non-hydrogen) atoms. The maximum Gasteiger partial charge on any atom is 0.351 e. The third-order valence-corrected chi connectivity index (χ3v) is 5.62. The number of hydrogen-bond donors (Lipinski definition) is 0. The predicted octanol–water partition coefficient (Wildman–Crippen LogP) is 1.41. The van der Waals surface area contributed by atoms with Gasteiger partial charge in [0.25, 0.3) is 0 Å². The minimum atomic E-state index is -1.42. The maximum absolute atomic E-state index is 14.7. The van der Waals surface area contributed by atoms with E-state index in [9.17, 15) is 23.6 Å². The molecule has 10 nitrogen and oxygen atoms in total. The second-order valence-corrected chi connectivity index (χ2v) is 7.79. The van der Waals surface area contributed by atoms with Crippen LogP contribution in [0.3, 0.4) is 0 Å². The van der Waals surface area contributed by atoms with Crippen molar-refractivity contribution in [2.45, 2.75) is 25.4 Å². The highest BCUT2D eigenvalue weighted by atomic mass is 35.5. The van der Waals surface area contributed by atoms with Gasteiger partial charge in [-0.05, 0) is 25.2 Å². The summed E-state index contributed by atoms with van der Waals surface area (Å²) in [6.07, 6.45) is 0.526. The van der Waals surface area contributed by atoms with Crippen molar-refractivity contribution in [2.24, 2.45) is 14.1 Å². The van der Waals surface area contributed by atoms with Crippen LogP contribution >= 0.6 is 23.8 Å². The minimum Gasteiger partial charge on any atom is -0.474 e. The summed E-state index contributed by atoms with van der Waals surface area (Å²) in [5.74, 6) is -2.64. The van der Waals surface area contributed by atoms with Crippen molar-refractivity contribution in [2.75, 3.05) is 13.2 Å². The molecule has 1 aromatic heterocycles. The summed E-state index contributed by atoms with van der Waals surface area (Å²) in [7, 11) is 2.68. The maximum atomic E-state index is 14.7. The molecule has 0 radical (unpaired) electrons. The number of nitrogens with zero attached hydrogens (tertiary/aromatic N) is 3. The van der Waals surface area contributed by atoms with Crippen LogP contribution in [0, 0.1) is 10.6 Å². The van der Waals surface area contributed by atoms with E-state index < -0.39 is 47.0 Å². The molecule has 2 aromatic rings. The second kappa shape index (κ2) is 8.87. The smallest absolute Gasteiger partial charge is 0.351 e. The first-order valence-electron chi connectivity index (χ1n) is 9.42. The van der Waals surface area contributed by atoms with Gasteiger partial charge in [0.05, 0.1) is 17.3 Å². The molecule has 1 heterocycles. The topological polar surface area (TPSA) is 111 Å². The van der Waals surface area contributed by atoms with Crippen molar-refractivity contribution in [3.05, 3.63) is 48.7 Å². The third-order valence-electron chi connectivity index (χ3n) is 4.78. The first kappa shape index (κ1) is 23.7. The molecule has 1 aliphatic rings. The van der Waals surface area contributed by atoms with Crippen LogP contribution in [-0.2, 0) is 33.2 Å². The van der Waals surface area contributed by atoms with Crippen molar-refractivity contribution in [3.8, 4) is 11.4 Å². The summed E-state index contributed by atoms with van der Waals surface area (Å²) in [5, 5.41) is -0.190. The van der Waals surface area contributed by atoms with Gasteiger partial charge in [0, 0.05) is 33.0 Å². The standard InChI is InChI=1S/C19H19ClFN3O7S/c1-4-29-14(25)9-30-15(26)19(5-6-19)31-13-8-12(11(21)7-10(13)20)24-16(27)22(2)18(32)23(3)17(24)28/h7-8H,4-6,9H2,1-3H3. The Morgan fingerprint density at radius 2 is 1.75 bits per heavy atom. The zero-order valence-corrected chi connectivity index (χ0v) is 18.9. The fourth-order valence-corrected chi connectivity index (χ4v) is 3.22. The van der Waals surface area contributed by atoms with Crippen LogP contribution in [0.15, 0.2) is 21.7 Å². The molecule has 0 atom stereocenters. The Kier molecular flexibility index (Phi) is 6.56. The summed E-state index contributed by atoms with van der Waals surface area (Å²) in [4.78, 5) is 49.0. The first-order chi connectivity index (χ1) is 15.0. The van der Waals surface area contributed by atoms with E-state index in [0.29, 0.717) is 4.57 Å². The molecular formula is C19H19ClFN3O7S. The summed E-state index contributed by atoms with van der Waals surface area (Å²) < 4.78 is 32.6. The van der Waals surface area contributed by atoms with Gasteiger partial charge < -0.3 is 14.2 Å². The quantitative estimate of drug-likeness (QED) is 0.426. The molecule has 0 amide bonds. The predicted molar refractivity (Wildman–Crippen MR) is 112 cm³/mol. The van der Waals surface area contributed by atoms with Crippen molar-refractivity contribution >= 4 is 35.8 Å². The van der Waals surface area contributed by atoms with Gasteiger partial charge in [-0.2, -0.15) is 0 Å². The molecule has 0 aliphatic heterocycles. The lowest BCUT2D eigenvalue weighted by molar-refractivity contribution is -0.164. The Morgan fingerprint density at radius 3 is 2.28 bits per heavy atom. The van der Waals surface area contributed by atoms with Gasteiger partial charge in [-0.15, -0.1) is 0 Å². The van der Waals surface area contributed by atoms with E-state index in [1.807, 2.05) is 0 Å². The van der Waals surface area contributed by atoms with Crippen LogP contribution in [0.25, 0.3) is 5.69 Å². The second-order valence-electron chi connectivity index (χ2n) is 7.01. The summed E-state index contributed by atoms with van der Waals surface area (Å²) >= 11 is 11.1. The van der Waals surface area contributed by atoms with E-state index in [1.54, 1.807) is 6.92 Å². The molecule has 0 spiro atoms. The number of carbonyl (C=O) groups excluding carboxylic acids is 2. The van der Waals surface area contributed by atoms with Crippen LogP contribution in [0.1, 0.15) is 19.8 Å². The van der Waals surface area contributed by atoms with Gasteiger partial charge in [-0.1, -0.05) is 11.6 Å². The molecule has 1 saturated carbocycles. The first-order valence-corrected chi connectivity index (χ1v) is 10.2. The molecular weight excluding hydrogens is 469 g/mol. The Bertz CT molecular complexity index is 1240. The van der Waals surface area contributed by atoms with Crippen LogP contribution in [0.5, 0.6) is 5.75 Å². The van der Waals surface area contributed by atoms with Crippen LogP contribution in [0.4, 0.5) is 4.39 Å². The number of hydrogen-bond acceptors (Lipinski definition) is 8. The number of carbonyl (C=O) groups is 2. The SMILES string of the molecule is CCOC(=O)COC(=O)C1(Oc2cc(-n3c(=O)n(C)c(=S)n(C)c3=O)c(F)cc2Cl)CC1. The zero-order chi connectivity index (χ0) is 23.8. The Morgan fingerprint density at radius 1 is 1.16 bits per heavy atom. The number of aromatic nitrogens is 3. The number of ether oxygens (including phenoxy) is 3. The molecule has 1 aliphatic carbocycles. The third kappa shape index (κ3) is 4.32. The molecule has 1 aromatic carbocycles. The fraction of sp³-hybridized carbons (Fsp3) is 0.421. The van der Waals surface area contributed by atoms with Gasteiger partial charge in [0.15, 0.2) is 11.4 Å². The molecule has 3 rings (SSSR count). The Labute approximate surface area is 190 Å². The average molecular weight is 488 g/mol. The molecule has 0 N–H and O–H groups in total. The van der Waals surface area contributed by atoms with Crippen LogP contribution in [0.2, 0.25) is 5.02 Å². The number of rotatable bonds is 7. The molecule has 0 unspecified atom stereocenters. The van der Waals surface area contributed by atoms with Gasteiger partial charge in [-0.3, -0.25) is 9.13 Å². The monoisotopic (exact) mass is 487 g/mol. The lowest BCUT2D eigenvalue weighted by Crippen LogP contribution is -2.43. The summed E-state index contributed by atoms with van der Waals surface area (Å²) in [6, 6.07) is 1.90. The van der Waals surface area contributed by atoms with E-state index in [0.717, 1.165) is 21.3 Å². The summed E-state index contributed by atoms with van der Waals surface area (Å²) in [6.45, 7) is 1.16. The normalized spacial score (nSPS) is 14.0. The zero-order valence-electron chi connectivity index (χ0n) is 17.3. The summed E-state index contributed by atoms with van der Waals surface area (Å²) in [5.41, 5.74) is -3.60. The Balaban J connectivity index is 1.97. The molecule has 13 heteroatoms. The van der Waals surface area contributed by atoms with Crippen LogP contribution < -0.4 is 16.1 Å². The van der Waals surface area contributed by atoms with Crippen molar-refractivity contribution < 1.29 is 28.2 Å². The molecule has 1 fully saturated rings. The lowest BCUT2D eigenvalue weighted by Gasteiger charge is -2.19. The van der Waals surface area contributed by atoms with Crippen molar-refractivity contribution in [1.82, 2.24) is 13.7 Å². The highest BCUT2D eigenvalue weighted by Gasteiger charge is 2.55. The Hall–Kier alpha value is -2.99. The van der Waals surface area contributed by atoms with E-state index in [4.69, 9.17) is 38.0 Å². The molecule has 0 saturated heterocycles. The number of halogens is 2. The lowest BCUT2D eigenvalue weighted by atomic mass is 10.2. The highest BCUT2D eigenvalue weighted by Crippen LogP contribution is 2.44. The van der Waals surface area contributed by atoms with Gasteiger partial charge >= 0.3 is 23.3 Å². The molecule has 172 valence electrons. The highest BCUT2D eigenvalue weighted by molar-refractivity contribution is 7.71. The van der Waals surface area contributed by atoms with E-state index in [-0.39, 0.29) is 35.0 Å². The fourth-order valence-electron chi connectivity index (χ4n) is 2.88. The largest absolute Gasteiger partial charge is 0.474 e. The van der Waals surface area contributed by atoms with Gasteiger partial charge in [-0.25, -0.2) is 28.1 Å². The minimum absolute atomic E-state index is 0.0524. The van der Waals surface area contributed by atoms with E-state index in [2.05, 4.69) is 0 Å².